The second kappa shape index (κ2) is 4.68. The Bertz CT molecular complexity index is 302. The highest BCUT2D eigenvalue weighted by Crippen LogP contribution is 2.24. The molecule has 0 radical (unpaired) electrons. The van der Waals surface area contributed by atoms with E-state index in [9.17, 15) is 4.57 Å². The van der Waals surface area contributed by atoms with E-state index in [2.05, 4.69) is 29.2 Å². The Morgan fingerprint density at radius 2 is 1.79 bits per heavy atom. The lowest BCUT2D eigenvalue weighted by Crippen LogP contribution is -2.31. The van der Waals surface area contributed by atoms with Crippen LogP contribution in [0.25, 0.3) is 0 Å². The van der Waals surface area contributed by atoms with Crippen LogP contribution in [0.15, 0.2) is 30.3 Å². The first-order chi connectivity index (χ1) is 6.84. The molecule has 1 aromatic rings. The summed E-state index contributed by atoms with van der Waals surface area (Å²) in [5, 5.41) is 0. The summed E-state index contributed by atoms with van der Waals surface area (Å²) < 4.78 is 11.2. The number of hydrogen-bond acceptors (Lipinski definition) is 2. The van der Waals surface area contributed by atoms with Crippen molar-refractivity contribution < 1.29 is 4.57 Å². The first kappa shape index (κ1) is 9.82. The second-order valence-corrected chi connectivity index (χ2v) is 5.55. The molecule has 0 spiro atoms. The normalized spacial score (nSPS) is 18.4. The molecule has 0 saturated carbocycles. The monoisotopic (exact) mass is 208 g/mol. The molecule has 2 nitrogen and oxygen atoms in total. The summed E-state index contributed by atoms with van der Waals surface area (Å²) in [5.74, 6) is 0. The van der Waals surface area contributed by atoms with Crippen LogP contribution in [-0.2, 0) is 11.1 Å². The van der Waals surface area contributed by atoms with E-state index >= 15 is 0 Å². The molecular weight excluding hydrogens is 193 g/mol. The highest BCUT2D eigenvalue weighted by atomic mass is 31.1. The highest BCUT2D eigenvalue weighted by molar-refractivity contribution is 7.44. The molecule has 0 unspecified atom stereocenters. The quantitative estimate of drug-likeness (QED) is 0.695. The van der Waals surface area contributed by atoms with Gasteiger partial charge in [0, 0.05) is 19.6 Å². The van der Waals surface area contributed by atoms with Crippen molar-refractivity contribution in [3.8, 4) is 0 Å². The molecular formula is C11H15NOP+. The minimum absolute atomic E-state index is 0.877. The zero-order valence-electron chi connectivity index (χ0n) is 8.22. The van der Waals surface area contributed by atoms with Crippen molar-refractivity contribution in [2.24, 2.45) is 0 Å². The lowest BCUT2D eigenvalue weighted by atomic mass is 10.2. The maximum atomic E-state index is 11.2. The van der Waals surface area contributed by atoms with Crippen molar-refractivity contribution in [1.82, 2.24) is 4.90 Å². The van der Waals surface area contributed by atoms with Gasteiger partial charge in [0.2, 0.25) is 0 Å². The van der Waals surface area contributed by atoms with Gasteiger partial charge in [-0.3, -0.25) is 4.90 Å². The third kappa shape index (κ3) is 2.63. The van der Waals surface area contributed by atoms with Crippen LogP contribution in [0.1, 0.15) is 5.56 Å². The lowest BCUT2D eigenvalue weighted by Gasteiger charge is -2.21. The smallest absolute Gasteiger partial charge is 0.291 e. The van der Waals surface area contributed by atoms with E-state index in [0.717, 1.165) is 32.0 Å². The zero-order chi connectivity index (χ0) is 9.80. The van der Waals surface area contributed by atoms with E-state index in [4.69, 9.17) is 0 Å². The maximum Gasteiger partial charge on any atom is 0.341 e. The van der Waals surface area contributed by atoms with E-state index in [0.29, 0.717) is 0 Å². The third-order valence-corrected chi connectivity index (χ3v) is 3.98. The van der Waals surface area contributed by atoms with Gasteiger partial charge in [-0.1, -0.05) is 34.9 Å². The molecule has 1 aliphatic rings. The minimum atomic E-state index is -0.885. The largest absolute Gasteiger partial charge is 0.341 e. The van der Waals surface area contributed by atoms with Crippen molar-refractivity contribution in [3.05, 3.63) is 35.9 Å². The molecule has 1 aromatic carbocycles. The summed E-state index contributed by atoms with van der Waals surface area (Å²) in [6, 6.07) is 10.5. The van der Waals surface area contributed by atoms with Gasteiger partial charge in [0.15, 0.2) is 12.3 Å². The summed E-state index contributed by atoms with van der Waals surface area (Å²) in [6.07, 6.45) is 1.75. The van der Waals surface area contributed by atoms with Crippen LogP contribution in [0, 0.1) is 0 Å². The first-order valence-electron chi connectivity index (χ1n) is 5.03. The van der Waals surface area contributed by atoms with Crippen molar-refractivity contribution in [2.45, 2.75) is 6.54 Å². The second-order valence-electron chi connectivity index (χ2n) is 3.69. The van der Waals surface area contributed by atoms with Crippen LogP contribution in [0.2, 0.25) is 0 Å². The van der Waals surface area contributed by atoms with Gasteiger partial charge in [-0.2, -0.15) is 0 Å². The molecule has 74 valence electrons. The fourth-order valence-electron chi connectivity index (χ4n) is 1.73. The van der Waals surface area contributed by atoms with Crippen molar-refractivity contribution >= 4 is 7.80 Å². The van der Waals surface area contributed by atoms with Crippen LogP contribution in [0.5, 0.6) is 0 Å². The number of benzene rings is 1. The Labute approximate surface area is 85.7 Å². The van der Waals surface area contributed by atoms with Gasteiger partial charge in [-0.05, 0) is 5.56 Å². The Morgan fingerprint density at radius 1 is 1.14 bits per heavy atom. The van der Waals surface area contributed by atoms with Gasteiger partial charge in [-0.15, -0.1) is 0 Å². The molecule has 0 amide bonds. The molecule has 14 heavy (non-hydrogen) atoms. The first-order valence-corrected chi connectivity index (χ1v) is 6.66. The molecule has 1 fully saturated rings. The Kier molecular flexibility index (Phi) is 3.28. The Balaban J connectivity index is 1.89. The predicted molar refractivity (Wildman–Crippen MR) is 59.1 cm³/mol. The van der Waals surface area contributed by atoms with Crippen molar-refractivity contribution in [3.63, 3.8) is 0 Å². The Morgan fingerprint density at radius 3 is 2.43 bits per heavy atom. The summed E-state index contributed by atoms with van der Waals surface area (Å²) in [6.45, 7) is 2.98. The highest BCUT2D eigenvalue weighted by Gasteiger charge is 2.24. The fraction of sp³-hybridized carbons (Fsp3) is 0.455. The van der Waals surface area contributed by atoms with Gasteiger partial charge in [0.25, 0.3) is 0 Å². The predicted octanol–water partition coefficient (Wildman–Crippen LogP) is 2.33. The molecule has 1 aliphatic heterocycles. The molecule has 0 aliphatic carbocycles. The van der Waals surface area contributed by atoms with E-state index < -0.39 is 7.80 Å². The third-order valence-electron chi connectivity index (χ3n) is 2.58. The minimum Gasteiger partial charge on any atom is -0.291 e. The summed E-state index contributed by atoms with van der Waals surface area (Å²) in [4.78, 5) is 2.38. The number of nitrogens with zero attached hydrogens (tertiary/aromatic N) is 1. The molecule has 2 rings (SSSR count). The van der Waals surface area contributed by atoms with Gasteiger partial charge in [-0.25, -0.2) is 0 Å². The SMILES string of the molecule is O=[P+]1CCN(Cc2ccccc2)CC1. The fourth-order valence-corrected chi connectivity index (χ4v) is 2.96. The summed E-state index contributed by atoms with van der Waals surface area (Å²) >= 11 is 0. The van der Waals surface area contributed by atoms with E-state index in [-0.39, 0.29) is 0 Å². The van der Waals surface area contributed by atoms with Crippen LogP contribution < -0.4 is 0 Å². The average molecular weight is 208 g/mol. The molecule has 0 aromatic heterocycles. The van der Waals surface area contributed by atoms with Gasteiger partial charge in [0.1, 0.15) is 0 Å². The number of rotatable bonds is 2. The molecule has 1 heterocycles. The van der Waals surface area contributed by atoms with Crippen LogP contribution in [0.3, 0.4) is 0 Å². The molecule has 0 N–H and O–H groups in total. The zero-order valence-corrected chi connectivity index (χ0v) is 9.12. The van der Waals surface area contributed by atoms with Gasteiger partial charge < -0.3 is 0 Å². The van der Waals surface area contributed by atoms with E-state index in [1.54, 1.807) is 0 Å². The van der Waals surface area contributed by atoms with Gasteiger partial charge >= 0.3 is 7.80 Å². The summed E-state index contributed by atoms with van der Waals surface area (Å²) in [5.41, 5.74) is 1.35. The molecule has 3 heteroatoms. The standard InChI is InChI=1S/C11H15NOP/c13-14-8-6-12(7-9-14)10-11-4-2-1-3-5-11/h1-5H,6-10H2/q+1. The maximum absolute atomic E-state index is 11.2. The van der Waals surface area contributed by atoms with Crippen LogP contribution >= 0.6 is 7.80 Å². The van der Waals surface area contributed by atoms with Crippen LogP contribution in [0.4, 0.5) is 0 Å². The molecule has 0 bridgehead atoms. The number of hydrogen-bond donors (Lipinski definition) is 0. The van der Waals surface area contributed by atoms with Crippen molar-refractivity contribution in [2.75, 3.05) is 25.4 Å². The van der Waals surface area contributed by atoms with E-state index in [1.165, 1.54) is 5.56 Å². The topological polar surface area (TPSA) is 20.3 Å². The van der Waals surface area contributed by atoms with E-state index in [1.807, 2.05) is 6.07 Å². The molecule has 0 atom stereocenters. The molecule has 1 saturated heterocycles. The van der Waals surface area contributed by atoms with Gasteiger partial charge in [0.05, 0.1) is 0 Å². The Hall–Kier alpha value is -0.720. The van der Waals surface area contributed by atoms with Crippen molar-refractivity contribution in [1.29, 1.82) is 0 Å². The van der Waals surface area contributed by atoms with Crippen LogP contribution in [-0.4, -0.2) is 30.3 Å². The summed E-state index contributed by atoms with van der Waals surface area (Å²) in [7, 11) is -0.885. The lowest BCUT2D eigenvalue weighted by molar-refractivity contribution is 0.289. The average Bonchev–Trinajstić information content (AvgIpc) is 2.23.